The van der Waals surface area contributed by atoms with Crippen LogP contribution < -0.4 is 10.1 Å². The number of ether oxygens (including phenoxy) is 1. The van der Waals surface area contributed by atoms with Crippen molar-refractivity contribution in [2.24, 2.45) is 0 Å². The second-order valence-electron chi connectivity index (χ2n) is 7.14. The molecule has 7 nitrogen and oxygen atoms in total. The molecule has 158 valence electrons. The minimum atomic E-state index is -0.392. The molecular formula is C23H21ClN4O3. The van der Waals surface area contributed by atoms with Gasteiger partial charge in [0.1, 0.15) is 18.1 Å². The molecule has 2 aromatic carbocycles. The van der Waals surface area contributed by atoms with E-state index in [0.29, 0.717) is 34.3 Å². The first kappa shape index (κ1) is 20.7. The van der Waals surface area contributed by atoms with Crippen molar-refractivity contribution in [1.29, 1.82) is 0 Å². The molecule has 2 aromatic heterocycles. The number of anilines is 1. The van der Waals surface area contributed by atoms with Crippen LogP contribution in [0.3, 0.4) is 0 Å². The molecule has 0 unspecified atom stereocenters. The first-order chi connectivity index (χ1) is 15.0. The highest BCUT2D eigenvalue weighted by atomic mass is 35.5. The highest BCUT2D eigenvalue weighted by molar-refractivity contribution is 6.31. The summed E-state index contributed by atoms with van der Waals surface area (Å²) >= 11 is 6.21. The minimum Gasteiger partial charge on any atom is -0.489 e. The maximum atomic E-state index is 12.8. The van der Waals surface area contributed by atoms with Crippen LogP contribution in [0.15, 0.2) is 65.4 Å². The molecule has 4 aromatic rings. The van der Waals surface area contributed by atoms with E-state index in [-0.39, 0.29) is 12.3 Å². The second-order valence-corrected chi connectivity index (χ2v) is 7.55. The summed E-state index contributed by atoms with van der Waals surface area (Å²) in [5.74, 6) is 0.858. The third-order valence-electron chi connectivity index (χ3n) is 4.75. The number of benzene rings is 2. The van der Waals surface area contributed by atoms with E-state index in [2.05, 4.69) is 15.6 Å². The highest BCUT2D eigenvalue weighted by Crippen LogP contribution is 2.21. The van der Waals surface area contributed by atoms with Crippen LogP contribution in [0.2, 0.25) is 5.02 Å². The third kappa shape index (κ3) is 4.95. The number of nitrogens with one attached hydrogen (secondary N) is 1. The van der Waals surface area contributed by atoms with Crippen molar-refractivity contribution in [2.45, 2.75) is 27.0 Å². The van der Waals surface area contributed by atoms with Gasteiger partial charge in [-0.05, 0) is 43.2 Å². The molecule has 0 aliphatic rings. The number of nitrogens with zero attached hydrogens (tertiary/aromatic N) is 3. The van der Waals surface area contributed by atoms with Gasteiger partial charge >= 0.3 is 0 Å². The Balaban J connectivity index is 1.43. The second kappa shape index (κ2) is 9.06. The molecule has 4 rings (SSSR count). The van der Waals surface area contributed by atoms with Gasteiger partial charge in [-0.3, -0.25) is 9.48 Å². The van der Waals surface area contributed by atoms with E-state index in [1.807, 2.05) is 55.5 Å². The average molecular weight is 437 g/mol. The van der Waals surface area contributed by atoms with Crippen molar-refractivity contribution >= 4 is 23.2 Å². The molecule has 0 spiro atoms. The van der Waals surface area contributed by atoms with E-state index in [1.54, 1.807) is 24.0 Å². The van der Waals surface area contributed by atoms with Gasteiger partial charge in [0.25, 0.3) is 5.91 Å². The predicted octanol–water partition coefficient (Wildman–Crippen LogP) is 5.02. The summed E-state index contributed by atoms with van der Waals surface area (Å²) in [5, 5.41) is 11.7. The number of hydrogen-bond donors (Lipinski definition) is 1. The summed E-state index contributed by atoms with van der Waals surface area (Å²) in [5.41, 5.74) is 3.36. The van der Waals surface area contributed by atoms with Crippen LogP contribution in [-0.2, 0) is 13.2 Å². The van der Waals surface area contributed by atoms with Crippen LogP contribution >= 0.6 is 11.6 Å². The fourth-order valence-electron chi connectivity index (χ4n) is 3.11. The molecule has 8 heteroatoms. The van der Waals surface area contributed by atoms with Crippen LogP contribution in [0, 0.1) is 13.8 Å². The summed E-state index contributed by atoms with van der Waals surface area (Å²) in [6.07, 6.45) is 3.31. The summed E-state index contributed by atoms with van der Waals surface area (Å²) in [7, 11) is 0. The molecule has 2 heterocycles. The van der Waals surface area contributed by atoms with E-state index in [4.69, 9.17) is 20.9 Å². The molecule has 1 N–H and O–H groups in total. The van der Waals surface area contributed by atoms with E-state index >= 15 is 0 Å². The van der Waals surface area contributed by atoms with Gasteiger partial charge in [-0.2, -0.15) is 5.10 Å². The van der Waals surface area contributed by atoms with Gasteiger partial charge in [0.2, 0.25) is 0 Å². The Morgan fingerprint density at radius 3 is 2.84 bits per heavy atom. The Labute approximate surface area is 184 Å². The Hall–Kier alpha value is -3.58. The first-order valence-electron chi connectivity index (χ1n) is 9.71. The lowest BCUT2D eigenvalue weighted by molar-refractivity contribution is 0.101. The fourth-order valence-corrected chi connectivity index (χ4v) is 3.30. The SMILES string of the molecule is Cc1cccc(OCc2c(C(=O)Nc3cnn(Cc4ccccc4Cl)c3)noc2C)c1. The van der Waals surface area contributed by atoms with E-state index in [0.717, 1.165) is 11.1 Å². The number of carbonyl (C=O) groups excluding carboxylic acids is 1. The van der Waals surface area contributed by atoms with Gasteiger partial charge in [0, 0.05) is 11.2 Å². The van der Waals surface area contributed by atoms with Crippen molar-refractivity contribution in [3.8, 4) is 5.75 Å². The number of carbonyl (C=O) groups is 1. The van der Waals surface area contributed by atoms with Crippen LogP contribution in [0.1, 0.15) is 32.9 Å². The summed E-state index contributed by atoms with van der Waals surface area (Å²) in [6, 6.07) is 15.2. The van der Waals surface area contributed by atoms with E-state index in [9.17, 15) is 4.79 Å². The number of rotatable bonds is 7. The van der Waals surface area contributed by atoms with Crippen molar-refractivity contribution in [3.05, 3.63) is 94.1 Å². The zero-order chi connectivity index (χ0) is 21.8. The Kier molecular flexibility index (Phi) is 6.04. The fraction of sp³-hybridized carbons (Fsp3) is 0.174. The van der Waals surface area contributed by atoms with Gasteiger partial charge in [0.05, 0.1) is 24.0 Å². The van der Waals surface area contributed by atoms with E-state index < -0.39 is 5.91 Å². The molecule has 0 radical (unpaired) electrons. The van der Waals surface area contributed by atoms with Gasteiger partial charge in [0.15, 0.2) is 5.69 Å². The van der Waals surface area contributed by atoms with Crippen molar-refractivity contribution < 1.29 is 14.1 Å². The van der Waals surface area contributed by atoms with Crippen molar-refractivity contribution in [2.75, 3.05) is 5.32 Å². The summed E-state index contributed by atoms with van der Waals surface area (Å²) < 4.78 is 12.8. The Bertz CT molecular complexity index is 1220. The number of hydrogen-bond acceptors (Lipinski definition) is 5. The largest absolute Gasteiger partial charge is 0.489 e. The summed E-state index contributed by atoms with van der Waals surface area (Å²) in [4.78, 5) is 12.8. The third-order valence-corrected chi connectivity index (χ3v) is 5.12. The number of aromatic nitrogens is 3. The maximum absolute atomic E-state index is 12.8. The monoisotopic (exact) mass is 436 g/mol. The van der Waals surface area contributed by atoms with Crippen LogP contribution in [0.5, 0.6) is 5.75 Å². The molecule has 0 saturated carbocycles. The minimum absolute atomic E-state index is 0.174. The van der Waals surface area contributed by atoms with Crippen LogP contribution in [-0.4, -0.2) is 20.8 Å². The molecule has 0 atom stereocenters. The lowest BCUT2D eigenvalue weighted by Gasteiger charge is -2.07. The van der Waals surface area contributed by atoms with Gasteiger partial charge in [-0.1, -0.05) is 47.1 Å². The van der Waals surface area contributed by atoms with Gasteiger partial charge in [-0.25, -0.2) is 0 Å². The topological polar surface area (TPSA) is 82.2 Å². The van der Waals surface area contributed by atoms with Crippen LogP contribution in [0.4, 0.5) is 5.69 Å². The molecule has 1 amide bonds. The zero-order valence-electron chi connectivity index (χ0n) is 17.1. The quantitative estimate of drug-likeness (QED) is 0.439. The highest BCUT2D eigenvalue weighted by Gasteiger charge is 2.21. The lowest BCUT2D eigenvalue weighted by atomic mass is 10.2. The Morgan fingerprint density at radius 2 is 2.03 bits per heavy atom. The normalized spacial score (nSPS) is 10.8. The van der Waals surface area contributed by atoms with Crippen LogP contribution in [0.25, 0.3) is 0 Å². The molecule has 0 saturated heterocycles. The Morgan fingerprint density at radius 1 is 1.19 bits per heavy atom. The molecule has 31 heavy (non-hydrogen) atoms. The van der Waals surface area contributed by atoms with Crippen molar-refractivity contribution in [3.63, 3.8) is 0 Å². The maximum Gasteiger partial charge on any atom is 0.278 e. The van der Waals surface area contributed by atoms with E-state index in [1.165, 1.54) is 0 Å². The number of halogens is 1. The molecule has 0 aliphatic heterocycles. The smallest absolute Gasteiger partial charge is 0.278 e. The summed E-state index contributed by atoms with van der Waals surface area (Å²) in [6.45, 7) is 4.41. The number of aryl methyl sites for hydroxylation is 2. The number of amides is 1. The van der Waals surface area contributed by atoms with Crippen molar-refractivity contribution in [1.82, 2.24) is 14.9 Å². The average Bonchev–Trinajstić information content (AvgIpc) is 3.34. The zero-order valence-corrected chi connectivity index (χ0v) is 17.9. The molecule has 0 aliphatic carbocycles. The predicted molar refractivity (Wildman–Crippen MR) is 117 cm³/mol. The first-order valence-corrected chi connectivity index (χ1v) is 10.1. The lowest BCUT2D eigenvalue weighted by Crippen LogP contribution is -2.15. The molecule has 0 fully saturated rings. The molecular weight excluding hydrogens is 416 g/mol. The molecule has 0 bridgehead atoms. The standard InChI is InChI=1S/C23H21ClN4O3/c1-15-6-5-8-19(10-15)30-14-20-16(2)31-27-22(20)23(29)26-18-11-25-28(13-18)12-17-7-3-4-9-21(17)24/h3-11,13H,12,14H2,1-2H3,(H,26,29). The van der Waals surface area contributed by atoms with Gasteiger partial charge < -0.3 is 14.6 Å². The van der Waals surface area contributed by atoms with Gasteiger partial charge in [-0.15, -0.1) is 0 Å².